The number of anilines is 2. The van der Waals surface area contributed by atoms with Crippen molar-refractivity contribution in [3.63, 3.8) is 0 Å². The van der Waals surface area contributed by atoms with E-state index in [1.54, 1.807) is 24.3 Å². The van der Waals surface area contributed by atoms with Crippen LogP contribution in [0.25, 0.3) is 0 Å². The van der Waals surface area contributed by atoms with Crippen LogP contribution in [0, 0.1) is 10.1 Å². The number of nitro benzene ring substituents is 1. The number of nitrogens with zero attached hydrogens (tertiary/aromatic N) is 3. The Morgan fingerprint density at radius 2 is 1.57 bits per heavy atom. The van der Waals surface area contributed by atoms with Crippen LogP contribution in [0.15, 0.2) is 54.6 Å². The monoisotopic (exact) mass is 381 g/mol. The van der Waals surface area contributed by atoms with Gasteiger partial charge in [-0.3, -0.25) is 19.7 Å². The van der Waals surface area contributed by atoms with E-state index in [-0.39, 0.29) is 30.0 Å². The van der Waals surface area contributed by atoms with Gasteiger partial charge in [0, 0.05) is 17.8 Å². The first-order chi connectivity index (χ1) is 13.5. The molecule has 144 valence electrons. The molecule has 0 bridgehead atoms. The summed E-state index contributed by atoms with van der Waals surface area (Å²) < 4.78 is 0. The number of benzene rings is 2. The zero-order chi connectivity index (χ0) is 19.7. The van der Waals surface area contributed by atoms with Gasteiger partial charge in [-0.2, -0.15) is 0 Å². The molecule has 0 aliphatic carbocycles. The lowest BCUT2D eigenvalue weighted by atomic mass is 10.1. The molecule has 1 atom stereocenters. The molecule has 0 saturated carbocycles. The molecule has 2 amide bonds. The van der Waals surface area contributed by atoms with Crippen molar-refractivity contribution in [3.05, 3.63) is 64.7 Å². The molecule has 2 aliphatic heterocycles. The number of nitro groups is 1. The standard InChI is InChI=1S/C20H20N4O4/c25-19-14-18(20(26)23(19)16-4-2-1-3-5-16)22-12-10-21(11-13-22)15-6-8-17(9-7-15)24(27)28/h1-9,18H,10-14H2/p+1/t18-/m1/s1. The van der Waals surface area contributed by atoms with E-state index in [0.29, 0.717) is 5.69 Å². The van der Waals surface area contributed by atoms with Crippen LogP contribution < -0.4 is 14.7 Å². The van der Waals surface area contributed by atoms with Gasteiger partial charge in [0.25, 0.3) is 11.6 Å². The van der Waals surface area contributed by atoms with Gasteiger partial charge in [0.05, 0.1) is 43.2 Å². The minimum atomic E-state index is -0.410. The van der Waals surface area contributed by atoms with Crippen LogP contribution in [0.4, 0.5) is 17.1 Å². The number of imide groups is 1. The molecule has 1 N–H and O–H groups in total. The van der Waals surface area contributed by atoms with Crippen molar-refractivity contribution >= 4 is 28.9 Å². The number of hydrogen-bond acceptors (Lipinski definition) is 5. The molecule has 8 nitrogen and oxygen atoms in total. The molecule has 8 heteroatoms. The van der Waals surface area contributed by atoms with Crippen LogP contribution in [0.5, 0.6) is 0 Å². The normalized spacial score (nSPS) is 20.6. The smallest absolute Gasteiger partial charge is 0.292 e. The van der Waals surface area contributed by atoms with Gasteiger partial charge in [-0.15, -0.1) is 0 Å². The lowest BCUT2D eigenvalue weighted by Crippen LogP contribution is -3.19. The average molecular weight is 381 g/mol. The van der Waals surface area contributed by atoms with Crippen molar-refractivity contribution in [3.8, 4) is 0 Å². The van der Waals surface area contributed by atoms with Crippen molar-refractivity contribution in [2.45, 2.75) is 12.5 Å². The summed E-state index contributed by atoms with van der Waals surface area (Å²) in [5, 5.41) is 10.8. The Labute approximate surface area is 162 Å². The van der Waals surface area contributed by atoms with Crippen molar-refractivity contribution in [2.75, 3.05) is 36.0 Å². The Balaban J connectivity index is 1.40. The van der Waals surface area contributed by atoms with E-state index in [2.05, 4.69) is 4.90 Å². The molecule has 0 radical (unpaired) electrons. The van der Waals surface area contributed by atoms with Gasteiger partial charge in [-0.25, -0.2) is 4.90 Å². The van der Waals surface area contributed by atoms with Crippen molar-refractivity contribution < 1.29 is 19.4 Å². The number of para-hydroxylation sites is 1. The van der Waals surface area contributed by atoms with Crippen LogP contribution in [0.2, 0.25) is 0 Å². The van der Waals surface area contributed by atoms with Gasteiger partial charge < -0.3 is 9.80 Å². The van der Waals surface area contributed by atoms with E-state index in [9.17, 15) is 19.7 Å². The van der Waals surface area contributed by atoms with E-state index >= 15 is 0 Å². The SMILES string of the molecule is O=C1C[C@@H]([NH+]2CCN(c3ccc([N+](=O)[O-])cc3)CC2)C(=O)N1c1ccccc1. The second kappa shape index (κ2) is 7.40. The average Bonchev–Trinajstić information content (AvgIpc) is 3.03. The number of amides is 2. The fraction of sp³-hybridized carbons (Fsp3) is 0.300. The van der Waals surface area contributed by atoms with E-state index in [4.69, 9.17) is 0 Å². The first-order valence-corrected chi connectivity index (χ1v) is 9.30. The second-order valence-electron chi connectivity index (χ2n) is 7.08. The van der Waals surface area contributed by atoms with Crippen molar-refractivity contribution in [2.24, 2.45) is 0 Å². The Bertz CT molecular complexity index is 892. The summed E-state index contributed by atoms with van der Waals surface area (Å²) in [7, 11) is 0. The first kappa shape index (κ1) is 18.1. The molecule has 4 rings (SSSR count). The van der Waals surface area contributed by atoms with Crippen LogP contribution >= 0.6 is 0 Å². The molecule has 2 heterocycles. The number of piperazine rings is 1. The van der Waals surface area contributed by atoms with Crippen LogP contribution in [-0.4, -0.2) is 49.0 Å². The maximum Gasteiger partial charge on any atom is 0.292 e. The first-order valence-electron chi connectivity index (χ1n) is 9.30. The quantitative estimate of drug-likeness (QED) is 0.477. The molecule has 0 aromatic heterocycles. The van der Waals surface area contributed by atoms with Gasteiger partial charge in [-0.05, 0) is 24.3 Å². The van der Waals surface area contributed by atoms with Crippen LogP contribution in [0.1, 0.15) is 6.42 Å². The summed E-state index contributed by atoms with van der Waals surface area (Å²) in [5.74, 6) is -0.276. The summed E-state index contributed by atoms with van der Waals surface area (Å²) in [5.41, 5.74) is 1.64. The third-order valence-electron chi connectivity index (χ3n) is 5.49. The third-order valence-corrected chi connectivity index (χ3v) is 5.49. The Hall–Kier alpha value is -3.26. The number of non-ortho nitro benzene ring substituents is 1. The summed E-state index contributed by atoms with van der Waals surface area (Å²) in [6, 6.07) is 15.2. The summed E-state index contributed by atoms with van der Waals surface area (Å²) in [4.78, 5) is 40.3. The fourth-order valence-electron chi connectivity index (χ4n) is 3.98. The largest absolute Gasteiger partial charge is 0.360 e. The molecule has 2 aliphatic rings. The van der Waals surface area contributed by atoms with Crippen LogP contribution in [0.3, 0.4) is 0 Å². The van der Waals surface area contributed by atoms with E-state index in [0.717, 1.165) is 36.8 Å². The summed E-state index contributed by atoms with van der Waals surface area (Å²) in [6.07, 6.45) is 0.237. The van der Waals surface area contributed by atoms with E-state index in [1.807, 2.05) is 18.2 Å². The van der Waals surface area contributed by atoms with Gasteiger partial charge in [0.15, 0.2) is 6.04 Å². The van der Waals surface area contributed by atoms with Crippen LogP contribution in [-0.2, 0) is 9.59 Å². The number of carbonyl (C=O) groups excluding carboxylic acids is 2. The zero-order valence-electron chi connectivity index (χ0n) is 15.3. The highest BCUT2D eigenvalue weighted by atomic mass is 16.6. The molecule has 2 aromatic rings. The number of carbonyl (C=O) groups is 2. The maximum atomic E-state index is 12.9. The minimum Gasteiger partial charge on any atom is -0.360 e. The lowest BCUT2D eigenvalue weighted by molar-refractivity contribution is -0.915. The Kier molecular flexibility index (Phi) is 4.79. The number of nitrogens with one attached hydrogen (secondary N) is 1. The molecule has 2 saturated heterocycles. The number of hydrogen-bond donors (Lipinski definition) is 1. The highest BCUT2D eigenvalue weighted by molar-refractivity contribution is 6.21. The minimum absolute atomic E-state index is 0.0732. The van der Waals surface area contributed by atoms with Gasteiger partial charge in [-0.1, -0.05) is 18.2 Å². The third kappa shape index (κ3) is 3.34. The highest BCUT2D eigenvalue weighted by Crippen LogP contribution is 2.22. The number of rotatable bonds is 4. The molecule has 0 unspecified atom stereocenters. The molecule has 2 fully saturated rings. The molecule has 2 aromatic carbocycles. The molecule has 28 heavy (non-hydrogen) atoms. The van der Waals surface area contributed by atoms with E-state index in [1.165, 1.54) is 17.0 Å². The second-order valence-corrected chi connectivity index (χ2v) is 7.08. The van der Waals surface area contributed by atoms with Gasteiger partial charge >= 0.3 is 0 Å². The van der Waals surface area contributed by atoms with Gasteiger partial charge in [0.2, 0.25) is 5.91 Å². The van der Waals surface area contributed by atoms with Crippen molar-refractivity contribution in [1.29, 1.82) is 0 Å². The zero-order valence-corrected chi connectivity index (χ0v) is 15.3. The number of quaternary nitrogens is 1. The Morgan fingerprint density at radius 3 is 2.18 bits per heavy atom. The van der Waals surface area contributed by atoms with E-state index < -0.39 is 4.92 Å². The predicted molar refractivity (Wildman–Crippen MR) is 103 cm³/mol. The Morgan fingerprint density at radius 1 is 0.929 bits per heavy atom. The van der Waals surface area contributed by atoms with Gasteiger partial charge in [0.1, 0.15) is 0 Å². The predicted octanol–water partition coefficient (Wildman–Crippen LogP) is 0.632. The lowest BCUT2D eigenvalue weighted by Gasteiger charge is -2.35. The highest BCUT2D eigenvalue weighted by Gasteiger charge is 2.46. The summed E-state index contributed by atoms with van der Waals surface area (Å²) in [6.45, 7) is 2.94. The molecule has 0 spiro atoms. The molecular formula is C20H21N4O4+. The summed E-state index contributed by atoms with van der Waals surface area (Å²) >= 11 is 0. The molecular weight excluding hydrogens is 360 g/mol. The topological polar surface area (TPSA) is 88.2 Å². The fourth-order valence-corrected chi connectivity index (χ4v) is 3.98. The maximum absolute atomic E-state index is 12.9. The van der Waals surface area contributed by atoms with Crippen molar-refractivity contribution in [1.82, 2.24) is 0 Å².